The first-order chi connectivity index (χ1) is 15.1. The van der Waals surface area contributed by atoms with Crippen molar-refractivity contribution >= 4 is 28.3 Å². The maximum atomic E-state index is 13.2. The average Bonchev–Trinajstić information content (AvgIpc) is 3.55. The molecule has 154 valence electrons. The molecule has 9 heteroatoms. The van der Waals surface area contributed by atoms with Crippen LogP contribution in [0.25, 0.3) is 27.3 Å². The number of amides is 1. The van der Waals surface area contributed by atoms with Gasteiger partial charge in [-0.3, -0.25) is 9.48 Å². The Labute approximate surface area is 182 Å². The van der Waals surface area contributed by atoms with Gasteiger partial charge in [-0.2, -0.15) is 10.2 Å². The number of aryl methyl sites for hydroxylation is 2. The lowest BCUT2D eigenvalue weighted by atomic mass is 10.1. The molecule has 4 heterocycles. The quantitative estimate of drug-likeness (QED) is 0.462. The largest absolute Gasteiger partial charge is 0.348 e. The first-order valence-electron chi connectivity index (χ1n) is 9.70. The summed E-state index contributed by atoms with van der Waals surface area (Å²) in [5.74, 6) is -0.151. The number of nitrogens with zero attached hydrogens (tertiary/aromatic N) is 6. The second-order valence-corrected chi connectivity index (χ2v) is 8.08. The van der Waals surface area contributed by atoms with E-state index in [0.717, 1.165) is 32.9 Å². The lowest BCUT2D eigenvalue weighted by Gasteiger charge is -2.09. The third-order valence-corrected chi connectivity index (χ3v) is 5.95. The number of aromatic nitrogens is 6. The van der Waals surface area contributed by atoms with Crippen LogP contribution in [0.2, 0.25) is 0 Å². The van der Waals surface area contributed by atoms with Crippen LogP contribution in [0.4, 0.5) is 0 Å². The van der Waals surface area contributed by atoms with E-state index in [4.69, 9.17) is 4.98 Å². The van der Waals surface area contributed by atoms with E-state index < -0.39 is 0 Å². The molecule has 0 unspecified atom stereocenters. The number of carbonyl (C=O) groups is 1. The van der Waals surface area contributed by atoms with Crippen LogP contribution in [0.15, 0.2) is 60.5 Å². The molecule has 4 aromatic heterocycles. The molecular weight excluding hydrogens is 410 g/mol. The number of fused-ring (bicyclic) bond motifs is 1. The molecule has 0 aliphatic heterocycles. The van der Waals surface area contributed by atoms with Gasteiger partial charge in [-0.05, 0) is 42.1 Å². The number of thiophene rings is 1. The van der Waals surface area contributed by atoms with Gasteiger partial charge in [0.25, 0.3) is 5.91 Å². The molecule has 31 heavy (non-hydrogen) atoms. The Bertz CT molecular complexity index is 1350. The molecule has 1 aromatic carbocycles. The highest BCUT2D eigenvalue weighted by molar-refractivity contribution is 7.13. The molecule has 0 radical (unpaired) electrons. The van der Waals surface area contributed by atoms with Gasteiger partial charge in [-0.15, -0.1) is 11.3 Å². The van der Waals surface area contributed by atoms with Crippen LogP contribution < -0.4 is 5.32 Å². The minimum Gasteiger partial charge on any atom is -0.348 e. The van der Waals surface area contributed by atoms with Crippen LogP contribution in [0, 0.1) is 6.92 Å². The summed E-state index contributed by atoms with van der Waals surface area (Å²) in [6.07, 6.45) is 3.14. The Morgan fingerprint density at radius 1 is 1.19 bits per heavy atom. The van der Waals surface area contributed by atoms with Gasteiger partial charge in [0.15, 0.2) is 5.65 Å². The van der Waals surface area contributed by atoms with Crippen molar-refractivity contribution in [1.29, 1.82) is 0 Å². The number of nitrogens with one attached hydrogen (secondary N) is 1. The summed E-state index contributed by atoms with van der Waals surface area (Å²) in [5, 5.41) is 14.4. The molecule has 0 aliphatic carbocycles. The number of benzene rings is 1. The van der Waals surface area contributed by atoms with Crippen molar-refractivity contribution in [2.75, 3.05) is 0 Å². The summed E-state index contributed by atoms with van der Waals surface area (Å²) in [4.78, 5) is 22.9. The van der Waals surface area contributed by atoms with E-state index in [-0.39, 0.29) is 5.91 Å². The van der Waals surface area contributed by atoms with Crippen molar-refractivity contribution in [3.63, 3.8) is 0 Å². The lowest BCUT2D eigenvalue weighted by molar-refractivity contribution is 0.0952. The van der Waals surface area contributed by atoms with Gasteiger partial charge in [0.05, 0.1) is 32.9 Å². The van der Waals surface area contributed by atoms with Crippen LogP contribution in [0.5, 0.6) is 0 Å². The predicted octanol–water partition coefficient (Wildman–Crippen LogP) is 3.52. The number of pyridine rings is 1. The zero-order chi connectivity index (χ0) is 21.4. The minimum atomic E-state index is -0.151. The first-order valence-corrected chi connectivity index (χ1v) is 10.6. The molecule has 0 atom stereocenters. The Morgan fingerprint density at radius 3 is 2.74 bits per heavy atom. The van der Waals surface area contributed by atoms with Crippen LogP contribution in [0.3, 0.4) is 0 Å². The summed E-state index contributed by atoms with van der Waals surface area (Å²) in [5.41, 5.74) is 4.74. The highest BCUT2D eigenvalue weighted by Crippen LogP contribution is 2.29. The molecule has 5 rings (SSSR count). The van der Waals surface area contributed by atoms with Gasteiger partial charge in [-0.1, -0.05) is 18.2 Å². The number of hydrogen-bond acceptors (Lipinski definition) is 6. The minimum absolute atomic E-state index is 0.151. The highest BCUT2D eigenvalue weighted by Gasteiger charge is 2.19. The fourth-order valence-corrected chi connectivity index (χ4v) is 4.25. The fourth-order valence-electron chi connectivity index (χ4n) is 3.56. The SMILES string of the molecule is Cc1nn(C)c2nc(-c3cccs3)cc(C(=O)NCc3ccc(-n4cncn4)cc3)c12. The van der Waals surface area contributed by atoms with E-state index >= 15 is 0 Å². The second-order valence-electron chi connectivity index (χ2n) is 7.13. The molecule has 5 aromatic rings. The maximum absolute atomic E-state index is 13.2. The maximum Gasteiger partial charge on any atom is 0.252 e. The second kappa shape index (κ2) is 7.77. The van der Waals surface area contributed by atoms with E-state index in [1.54, 1.807) is 27.0 Å². The third kappa shape index (κ3) is 3.59. The van der Waals surface area contributed by atoms with Gasteiger partial charge in [-0.25, -0.2) is 14.6 Å². The smallest absolute Gasteiger partial charge is 0.252 e. The van der Waals surface area contributed by atoms with Gasteiger partial charge in [0.2, 0.25) is 0 Å². The van der Waals surface area contributed by atoms with Crippen LogP contribution >= 0.6 is 11.3 Å². The summed E-state index contributed by atoms with van der Waals surface area (Å²) in [7, 11) is 1.85. The molecule has 0 saturated heterocycles. The normalized spacial score (nSPS) is 11.2. The van der Waals surface area contributed by atoms with Crippen molar-refractivity contribution in [2.24, 2.45) is 7.05 Å². The van der Waals surface area contributed by atoms with Crippen LogP contribution in [-0.4, -0.2) is 35.4 Å². The summed E-state index contributed by atoms with van der Waals surface area (Å²) >= 11 is 1.59. The monoisotopic (exact) mass is 429 g/mol. The standard InChI is InChI=1S/C22H19N7OS/c1-14-20-17(10-18(19-4-3-9-31-19)26-21(20)28(2)27-14)22(30)24-11-15-5-7-16(8-6-15)29-13-23-12-25-29/h3-10,12-13H,11H2,1-2H3,(H,24,30). The first kappa shape index (κ1) is 19.1. The van der Waals surface area contributed by atoms with Crippen LogP contribution in [-0.2, 0) is 13.6 Å². The summed E-state index contributed by atoms with van der Waals surface area (Å²) in [6.45, 7) is 2.31. The van der Waals surface area contributed by atoms with Crippen molar-refractivity contribution in [3.8, 4) is 16.3 Å². The summed E-state index contributed by atoms with van der Waals surface area (Å²) in [6, 6.07) is 13.6. The van der Waals surface area contributed by atoms with Crippen molar-refractivity contribution in [1.82, 2.24) is 34.8 Å². The van der Waals surface area contributed by atoms with Gasteiger partial charge in [0, 0.05) is 13.6 Å². The van der Waals surface area contributed by atoms with E-state index in [9.17, 15) is 4.79 Å². The van der Waals surface area contributed by atoms with Gasteiger partial charge >= 0.3 is 0 Å². The molecule has 0 bridgehead atoms. The van der Waals surface area contributed by atoms with Crippen molar-refractivity contribution in [3.05, 3.63) is 77.3 Å². The number of rotatable bonds is 5. The third-order valence-electron chi connectivity index (χ3n) is 5.06. The Hall–Kier alpha value is -3.85. The molecule has 1 N–H and O–H groups in total. The van der Waals surface area contributed by atoms with Crippen molar-refractivity contribution in [2.45, 2.75) is 13.5 Å². The van der Waals surface area contributed by atoms with Crippen molar-refractivity contribution < 1.29 is 4.79 Å². The summed E-state index contributed by atoms with van der Waals surface area (Å²) < 4.78 is 3.41. The zero-order valence-corrected chi connectivity index (χ0v) is 17.8. The zero-order valence-electron chi connectivity index (χ0n) is 17.0. The molecule has 8 nitrogen and oxygen atoms in total. The number of hydrogen-bond donors (Lipinski definition) is 1. The fraction of sp³-hybridized carbons (Fsp3) is 0.136. The van der Waals surface area contributed by atoms with E-state index in [2.05, 4.69) is 20.5 Å². The molecule has 0 fully saturated rings. The predicted molar refractivity (Wildman–Crippen MR) is 119 cm³/mol. The number of carbonyl (C=O) groups excluding carboxylic acids is 1. The van der Waals surface area contributed by atoms with Gasteiger partial charge < -0.3 is 5.32 Å². The average molecular weight is 430 g/mol. The molecule has 1 amide bonds. The Kier molecular flexibility index (Phi) is 4.79. The van der Waals surface area contributed by atoms with E-state index in [1.807, 2.05) is 61.8 Å². The lowest BCUT2D eigenvalue weighted by Crippen LogP contribution is -2.23. The molecule has 0 saturated carbocycles. The molecule has 0 aliphatic rings. The Morgan fingerprint density at radius 2 is 2.03 bits per heavy atom. The van der Waals surface area contributed by atoms with E-state index in [0.29, 0.717) is 17.8 Å². The van der Waals surface area contributed by atoms with Crippen LogP contribution in [0.1, 0.15) is 21.6 Å². The van der Waals surface area contributed by atoms with E-state index in [1.165, 1.54) is 6.33 Å². The highest BCUT2D eigenvalue weighted by atomic mass is 32.1. The molecular formula is C22H19N7OS. The Balaban J connectivity index is 1.43. The molecule has 0 spiro atoms. The topological polar surface area (TPSA) is 90.5 Å². The van der Waals surface area contributed by atoms with Gasteiger partial charge in [0.1, 0.15) is 12.7 Å².